The molecule has 190 valence electrons. The SMILES string of the molecule is O=C(Nc1nc2ccccc2s1)c1cccc(-c2nc(NC(P(=O)(O)O)P(=O)(O)O)c3ccsc3n2)c1. The van der Waals surface area contributed by atoms with Gasteiger partial charge in [0.05, 0.1) is 15.6 Å². The zero-order valence-corrected chi connectivity index (χ0v) is 21.8. The minimum Gasteiger partial charge on any atom is -0.346 e. The van der Waals surface area contributed by atoms with Crippen LogP contribution in [0.5, 0.6) is 0 Å². The number of para-hydroxylation sites is 1. The quantitative estimate of drug-likeness (QED) is 0.151. The van der Waals surface area contributed by atoms with E-state index in [0.29, 0.717) is 20.9 Å². The molecule has 0 saturated carbocycles. The Hall–Kier alpha value is -3.06. The molecule has 37 heavy (non-hydrogen) atoms. The number of thiophene rings is 1. The molecular weight excluding hydrogens is 560 g/mol. The van der Waals surface area contributed by atoms with Crippen LogP contribution in [0.1, 0.15) is 10.4 Å². The van der Waals surface area contributed by atoms with Gasteiger partial charge in [-0.25, -0.2) is 15.0 Å². The van der Waals surface area contributed by atoms with E-state index in [1.54, 1.807) is 29.6 Å². The molecule has 3 heterocycles. The average Bonchev–Trinajstić information content (AvgIpc) is 3.47. The second kappa shape index (κ2) is 9.67. The van der Waals surface area contributed by atoms with E-state index in [2.05, 4.69) is 25.6 Å². The summed E-state index contributed by atoms with van der Waals surface area (Å²) in [5.74, 6) is -0.496. The number of nitrogens with zero attached hydrogens (tertiary/aromatic N) is 3. The molecule has 5 rings (SSSR count). The van der Waals surface area contributed by atoms with E-state index in [1.165, 1.54) is 28.7 Å². The molecule has 6 N–H and O–H groups in total. The predicted octanol–water partition coefficient (Wildman–Crippen LogP) is 4.27. The first-order valence-corrected chi connectivity index (χ1v) is 15.4. The Bertz CT molecular complexity index is 1690. The van der Waals surface area contributed by atoms with Crippen molar-refractivity contribution < 1.29 is 33.5 Å². The summed E-state index contributed by atoms with van der Waals surface area (Å²) < 4.78 is 24.5. The molecule has 0 unspecified atom stereocenters. The first-order chi connectivity index (χ1) is 17.5. The fraction of sp³-hybridized carbons (Fsp3) is 0.0476. The summed E-state index contributed by atoms with van der Waals surface area (Å²) in [6.45, 7) is 0. The van der Waals surface area contributed by atoms with Crippen LogP contribution >= 0.6 is 37.9 Å². The monoisotopic (exact) mass is 577 g/mol. The molecule has 0 atom stereocenters. The Morgan fingerprint density at radius 1 is 0.919 bits per heavy atom. The summed E-state index contributed by atoms with van der Waals surface area (Å²) in [6, 6.07) is 15.4. The minimum atomic E-state index is -5.26. The van der Waals surface area contributed by atoms with Gasteiger partial charge in [-0.15, -0.1) is 11.3 Å². The smallest absolute Gasteiger partial charge is 0.346 e. The molecule has 0 radical (unpaired) electrons. The number of rotatable bonds is 7. The summed E-state index contributed by atoms with van der Waals surface area (Å²) in [5.41, 5.74) is -1.04. The summed E-state index contributed by atoms with van der Waals surface area (Å²) in [7, 11) is -10.5. The molecule has 5 aromatic rings. The Labute approximate surface area is 216 Å². The van der Waals surface area contributed by atoms with E-state index in [0.717, 1.165) is 10.2 Å². The van der Waals surface area contributed by atoms with E-state index in [-0.39, 0.29) is 17.2 Å². The van der Waals surface area contributed by atoms with Gasteiger partial charge in [0.2, 0.25) is 5.52 Å². The standard InChI is InChI=1S/C21H17N5O7P2S2/c27-18(26-20-22-14-6-1-2-7-15(14)37-20)12-5-3-4-11(10-12)16-23-17(13-8-9-36-19(13)24-16)25-21(34(28,29)30)35(31,32)33/h1-10,21H,(H,22,26,27)(H,23,24,25)(H2,28,29,30)(H2,31,32,33). The maximum atomic E-state index is 12.9. The van der Waals surface area contributed by atoms with Crippen LogP contribution in [0.25, 0.3) is 31.8 Å². The molecule has 0 aliphatic carbocycles. The fourth-order valence-electron chi connectivity index (χ4n) is 3.48. The van der Waals surface area contributed by atoms with Crippen molar-refractivity contribution in [1.29, 1.82) is 0 Å². The zero-order chi connectivity index (χ0) is 26.4. The topological polar surface area (TPSA) is 195 Å². The van der Waals surface area contributed by atoms with Gasteiger partial charge in [-0.3, -0.25) is 19.2 Å². The Kier molecular flexibility index (Phi) is 6.69. The van der Waals surface area contributed by atoms with E-state index in [4.69, 9.17) is 0 Å². The third kappa shape index (κ3) is 5.47. The molecule has 3 aromatic heterocycles. The number of nitrogens with one attached hydrogen (secondary N) is 2. The lowest BCUT2D eigenvalue weighted by Gasteiger charge is -2.21. The number of hydrogen-bond donors (Lipinski definition) is 6. The first kappa shape index (κ1) is 25.6. The van der Waals surface area contributed by atoms with Gasteiger partial charge in [0.1, 0.15) is 10.6 Å². The van der Waals surface area contributed by atoms with Crippen LogP contribution < -0.4 is 10.6 Å². The number of anilines is 2. The van der Waals surface area contributed by atoms with E-state index in [9.17, 15) is 33.5 Å². The van der Waals surface area contributed by atoms with Crippen molar-refractivity contribution >= 4 is 75.2 Å². The van der Waals surface area contributed by atoms with E-state index >= 15 is 0 Å². The maximum Gasteiger partial charge on any atom is 0.360 e. The van der Waals surface area contributed by atoms with Crippen LogP contribution in [-0.2, 0) is 9.13 Å². The zero-order valence-electron chi connectivity index (χ0n) is 18.4. The predicted molar refractivity (Wildman–Crippen MR) is 142 cm³/mol. The Morgan fingerprint density at radius 2 is 1.68 bits per heavy atom. The van der Waals surface area contributed by atoms with E-state index in [1.807, 2.05) is 24.3 Å². The Morgan fingerprint density at radius 3 is 2.41 bits per heavy atom. The number of fused-ring (bicyclic) bond motifs is 2. The third-order valence-corrected chi connectivity index (χ3v) is 10.2. The van der Waals surface area contributed by atoms with Crippen molar-refractivity contribution in [3.05, 3.63) is 65.5 Å². The lowest BCUT2D eigenvalue weighted by molar-refractivity contribution is 0.102. The van der Waals surface area contributed by atoms with Crippen molar-refractivity contribution in [2.24, 2.45) is 0 Å². The lowest BCUT2D eigenvalue weighted by atomic mass is 10.1. The van der Waals surface area contributed by atoms with Gasteiger partial charge in [0.25, 0.3) is 5.91 Å². The molecule has 0 aliphatic heterocycles. The van der Waals surface area contributed by atoms with Crippen molar-refractivity contribution in [2.45, 2.75) is 5.52 Å². The number of thiazole rings is 1. The largest absolute Gasteiger partial charge is 0.360 e. The normalized spacial score (nSPS) is 12.4. The van der Waals surface area contributed by atoms with Crippen LogP contribution in [0.4, 0.5) is 10.9 Å². The van der Waals surface area contributed by atoms with Gasteiger partial charge in [-0.05, 0) is 35.7 Å². The third-order valence-electron chi connectivity index (χ3n) is 5.13. The van der Waals surface area contributed by atoms with Crippen LogP contribution in [0.15, 0.2) is 60.0 Å². The molecule has 12 nitrogen and oxygen atoms in total. The molecule has 0 spiro atoms. The highest BCUT2D eigenvalue weighted by atomic mass is 32.1. The minimum absolute atomic E-state index is 0.0854. The molecule has 0 bridgehead atoms. The number of amides is 1. The van der Waals surface area contributed by atoms with Gasteiger partial charge in [0.15, 0.2) is 11.0 Å². The van der Waals surface area contributed by atoms with Gasteiger partial charge in [-0.1, -0.05) is 35.6 Å². The van der Waals surface area contributed by atoms with Crippen LogP contribution in [0.2, 0.25) is 0 Å². The lowest BCUT2D eigenvalue weighted by Crippen LogP contribution is -2.21. The van der Waals surface area contributed by atoms with Gasteiger partial charge in [-0.2, -0.15) is 0 Å². The summed E-state index contributed by atoms with van der Waals surface area (Å²) in [5, 5.41) is 7.40. The first-order valence-electron chi connectivity index (χ1n) is 10.4. The highest BCUT2D eigenvalue weighted by molar-refractivity contribution is 7.71. The van der Waals surface area contributed by atoms with Crippen molar-refractivity contribution in [1.82, 2.24) is 15.0 Å². The fourth-order valence-corrected chi connectivity index (χ4v) is 7.25. The summed E-state index contributed by atoms with van der Waals surface area (Å²) in [4.78, 5) is 64.5. The van der Waals surface area contributed by atoms with Gasteiger partial charge < -0.3 is 24.9 Å². The van der Waals surface area contributed by atoms with Crippen LogP contribution in [-0.4, -0.2) is 46.0 Å². The molecule has 0 saturated heterocycles. The molecule has 16 heteroatoms. The summed E-state index contributed by atoms with van der Waals surface area (Å²) >= 11 is 2.53. The number of benzene rings is 2. The number of carbonyl (C=O) groups is 1. The molecule has 0 fully saturated rings. The van der Waals surface area contributed by atoms with Crippen LogP contribution in [0.3, 0.4) is 0 Å². The second-order valence-corrected chi connectivity index (χ2v) is 13.5. The number of hydrogen-bond acceptors (Lipinski definition) is 9. The highest BCUT2D eigenvalue weighted by Crippen LogP contribution is 2.59. The summed E-state index contributed by atoms with van der Waals surface area (Å²) in [6.07, 6.45) is 0. The number of carbonyl (C=O) groups excluding carboxylic acids is 1. The van der Waals surface area contributed by atoms with Crippen molar-refractivity contribution in [3.8, 4) is 11.4 Å². The molecule has 1 amide bonds. The van der Waals surface area contributed by atoms with Crippen molar-refractivity contribution in [2.75, 3.05) is 10.6 Å². The molecule has 0 aliphatic rings. The van der Waals surface area contributed by atoms with Gasteiger partial charge >= 0.3 is 15.2 Å². The maximum absolute atomic E-state index is 12.9. The average molecular weight is 577 g/mol. The molecule has 2 aromatic carbocycles. The highest BCUT2D eigenvalue weighted by Gasteiger charge is 2.44. The molecular formula is C21H17N5O7P2S2. The second-order valence-electron chi connectivity index (χ2n) is 7.75. The van der Waals surface area contributed by atoms with Crippen molar-refractivity contribution in [3.63, 3.8) is 0 Å². The number of aromatic nitrogens is 3. The van der Waals surface area contributed by atoms with Gasteiger partial charge in [0, 0.05) is 11.1 Å². The van der Waals surface area contributed by atoms with E-state index < -0.39 is 26.6 Å². The Balaban J connectivity index is 1.48. The van der Waals surface area contributed by atoms with Crippen LogP contribution in [0, 0.1) is 0 Å².